The molecule has 1 unspecified atom stereocenters. The third-order valence-corrected chi connectivity index (χ3v) is 1.26. The Labute approximate surface area is 73.1 Å². The van der Waals surface area contributed by atoms with Crippen molar-refractivity contribution < 1.29 is 9.59 Å². The number of amides is 3. The van der Waals surface area contributed by atoms with Gasteiger partial charge in [-0.3, -0.25) is 10.2 Å². The quantitative estimate of drug-likeness (QED) is 0.359. The average molecular weight is 184 g/mol. The van der Waals surface area contributed by atoms with Gasteiger partial charge in [-0.05, 0) is 0 Å². The van der Waals surface area contributed by atoms with E-state index in [0.29, 0.717) is 0 Å². The molecule has 0 aromatic carbocycles. The van der Waals surface area contributed by atoms with Gasteiger partial charge in [0, 0.05) is 0 Å². The fourth-order valence-electron chi connectivity index (χ4n) is 0.747. The highest BCUT2D eigenvalue weighted by atomic mass is 16.2. The van der Waals surface area contributed by atoms with E-state index in [-0.39, 0.29) is 5.71 Å². The number of aliphatic imine (C=N–C) groups is 2. The zero-order chi connectivity index (χ0) is 9.84. The van der Waals surface area contributed by atoms with Gasteiger partial charge in [-0.25, -0.2) is 20.2 Å². The third-order valence-electron chi connectivity index (χ3n) is 1.26. The molecule has 0 saturated carbocycles. The lowest BCUT2D eigenvalue weighted by atomic mass is 10.3. The smallest absolute Gasteiger partial charge is 0.326 e. The predicted octanol–water partition coefficient (Wildman–Crippen LogP) is -2.55. The minimum atomic E-state index is -0.786. The van der Waals surface area contributed by atoms with Gasteiger partial charge in [0.2, 0.25) is 0 Å². The summed E-state index contributed by atoms with van der Waals surface area (Å²) < 4.78 is 0. The molecule has 0 fully saturated rings. The number of nitrogens with one attached hydrogen (secondary N) is 2. The molecule has 0 saturated heterocycles. The Morgan fingerprint density at radius 2 is 2.15 bits per heavy atom. The predicted molar refractivity (Wildman–Crippen MR) is 44.8 cm³/mol. The van der Waals surface area contributed by atoms with Crippen molar-refractivity contribution in [3.8, 4) is 0 Å². The van der Waals surface area contributed by atoms with Gasteiger partial charge in [-0.15, -0.1) is 0 Å². The van der Waals surface area contributed by atoms with Crippen LogP contribution in [0.1, 0.15) is 0 Å². The highest BCUT2D eigenvalue weighted by Gasteiger charge is 2.22. The summed E-state index contributed by atoms with van der Waals surface area (Å²) in [7, 11) is 0. The van der Waals surface area contributed by atoms with E-state index in [4.69, 9.17) is 11.5 Å². The number of urea groups is 1. The van der Waals surface area contributed by atoms with Crippen LogP contribution >= 0.6 is 0 Å². The maximum absolute atomic E-state index is 10.7. The molecule has 13 heavy (non-hydrogen) atoms. The first-order chi connectivity index (χ1) is 6.11. The van der Waals surface area contributed by atoms with Crippen LogP contribution in [0, 0.1) is 0 Å². The topological polar surface area (TPSA) is 135 Å². The zero-order valence-corrected chi connectivity index (χ0v) is 6.52. The Morgan fingerprint density at radius 3 is 2.69 bits per heavy atom. The van der Waals surface area contributed by atoms with E-state index in [9.17, 15) is 9.59 Å². The van der Waals surface area contributed by atoms with E-state index in [1.807, 2.05) is 0 Å². The second-order valence-corrected chi connectivity index (χ2v) is 2.18. The summed E-state index contributed by atoms with van der Waals surface area (Å²) in [5.74, 6) is -0.707. The molecule has 70 valence electrons. The monoisotopic (exact) mass is 184 g/mol. The van der Waals surface area contributed by atoms with Crippen molar-refractivity contribution in [2.24, 2.45) is 21.5 Å². The van der Waals surface area contributed by atoms with Gasteiger partial charge in [-0.2, -0.15) is 0 Å². The van der Waals surface area contributed by atoms with E-state index in [0.717, 1.165) is 0 Å². The van der Waals surface area contributed by atoms with Gasteiger partial charge in [0.05, 0.1) is 0 Å². The summed E-state index contributed by atoms with van der Waals surface area (Å²) in [6.07, 6.45) is 0.408. The number of nitrogens with zero attached hydrogens (tertiary/aromatic N) is 2. The lowest BCUT2D eigenvalue weighted by Gasteiger charge is -2.09. The normalized spacial score (nSPS) is 19.7. The first kappa shape index (κ1) is 9.13. The van der Waals surface area contributed by atoms with Crippen LogP contribution in [0.5, 0.6) is 0 Å². The van der Waals surface area contributed by atoms with Crippen molar-refractivity contribution in [3.05, 3.63) is 0 Å². The van der Waals surface area contributed by atoms with Crippen LogP contribution in [-0.4, -0.2) is 30.2 Å². The van der Waals surface area contributed by atoms with Crippen LogP contribution in [-0.2, 0) is 4.79 Å². The lowest BCUT2D eigenvalue weighted by Crippen LogP contribution is -2.50. The first-order valence-electron chi connectivity index (χ1n) is 3.31. The van der Waals surface area contributed by atoms with Crippen LogP contribution < -0.4 is 22.3 Å². The number of nitrogens with two attached hydrogens (primary N) is 2. The fourth-order valence-corrected chi connectivity index (χ4v) is 0.747. The Balaban J connectivity index is 2.52. The Kier molecular flexibility index (Phi) is 2.55. The van der Waals surface area contributed by atoms with Crippen molar-refractivity contribution >= 4 is 24.0 Å². The number of hydrazine groups is 1. The number of primary amides is 2. The van der Waals surface area contributed by atoms with Gasteiger partial charge in [-0.1, -0.05) is 0 Å². The maximum atomic E-state index is 10.7. The molecule has 1 atom stereocenters. The average Bonchev–Trinajstić information content (AvgIpc) is 2.47. The minimum Gasteiger partial charge on any atom is -0.364 e. The molecular weight excluding hydrogens is 176 g/mol. The summed E-state index contributed by atoms with van der Waals surface area (Å²) in [5, 5.41) is 0. The highest BCUT2D eigenvalue weighted by Crippen LogP contribution is 1.96. The van der Waals surface area contributed by atoms with Gasteiger partial charge < -0.3 is 11.5 Å². The van der Waals surface area contributed by atoms with E-state index in [1.165, 1.54) is 6.34 Å². The molecule has 6 N–H and O–H groups in total. The van der Waals surface area contributed by atoms with Gasteiger partial charge in [0.15, 0.2) is 6.17 Å². The molecule has 0 aromatic heterocycles. The Bertz CT molecular complexity index is 295. The number of carbonyl (C=O) groups is 2. The van der Waals surface area contributed by atoms with Crippen LogP contribution in [0.4, 0.5) is 4.79 Å². The number of hydrogen-bond donors (Lipinski definition) is 4. The molecular formula is C5H8N6O2. The number of carbonyl (C=O) groups excluding carboxylic acids is 2. The maximum Gasteiger partial charge on any atom is 0.326 e. The second kappa shape index (κ2) is 3.63. The van der Waals surface area contributed by atoms with Crippen LogP contribution in [0.15, 0.2) is 9.98 Å². The van der Waals surface area contributed by atoms with Crippen molar-refractivity contribution in [3.63, 3.8) is 0 Å². The molecule has 8 nitrogen and oxygen atoms in total. The molecule has 0 radical (unpaired) electrons. The van der Waals surface area contributed by atoms with E-state index < -0.39 is 18.1 Å². The Hall–Kier alpha value is -1.96. The van der Waals surface area contributed by atoms with Crippen molar-refractivity contribution in [1.29, 1.82) is 0 Å². The van der Waals surface area contributed by atoms with Crippen molar-refractivity contribution in [2.75, 3.05) is 0 Å². The molecule has 3 amide bonds. The molecule has 8 heteroatoms. The molecule has 1 aliphatic heterocycles. The molecule has 0 aromatic rings. The van der Waals surface area contributed by atoms with Gasteiger partial charge in [0.25, 0.3) is 5.91 Å². The third kappa shape index (κ3) is 2.24. The van der Waals surface area contributed by atoms with Crippen molar-refractivity contribution in [2.45, 2.75) is 6.17 Å². The fraction of sp³-hybridized carbons (Fsp3) is 0.200. The van der Waals surface area contributed by atoms with E-state index >= 15 is 0 Å². The minimum absolute atomic E-state index is 0.0220. The first-order valence-corrected chi connectivity index (χ1v) is 3.31. The number of hydrogen-bond acceptors (Lipinski definition) is 5. The van der Waals surface area contributed by atoms with E-state index in [1.54, 1.807) is 0 Å². The summed E-state index contributed by atoms with van der Waals surface area (Å²) >= 11 is 0. The number of rotatable bonds is 3. The second-order valence-electron chi connectivity index (χ2n) is 2.18. The molecule has 0 spiro atoms. The Morgan fingerprint density at radius 1 is 1.46 bits per heavy atom. The molecule has 1 heterocycles. The summed E-state index contributed by atoms with van der Waals surface area (Å²) in [6.45, 7) is 0. The molecule has 1 rings (SSSR count). The van der Waals surface area contributed by atoms with Crippen LogP contribution in [0.2, 0.25) is 0 Å². The SMILES string of the molecule is NC(=O)NNC1N=CN=C1C(N)=O. The summed E-state index contributed by atoms with van der Waals surface area (Å²) in [6, 6.07) is -0.786. The summed E-state index contributed by atoms with van der Waals surface area (Å²) in [4.78, 5) is 28.2. The zero-order valence-electron chi connectivity index (χ0n) is 6.52. The largest absolute Gasteiger partial charge is 0.364 e. The van der Waals surface area contributed by atoms with Crippen molar-refractivity contribution in [1.82, 2.24) is 10.9 Å². The van der Waals surface area contributed by atoms with Crippen LogP contribution in [0.3, 0.4) is 0 Å². The highest BCUT2D eigenvalue weighted by molar-refractivity contribution is 6.42. The lowest BCUT2D eigenvalue weighted by molar-refractivity contribution is -0.112. The standard InChI is InChI=1S/C5H8N6O2/c6-3(12)2-4(9-1-8-2)10-11-5(7)13/h1,4,10H,(H2,6,12)(H3,7,11,13). The molecule has 0 aliphatic carbocycles. The summed E-state index contributed by atoms with van der Waals surface area (Å²) in [5.41, 5.74) is 14.2. The van der Waals surface area contributed by atoms with Gasteiger partial charge >= 0.3 is 6.03 Å². The molecule has 0 bridgehead atoms. The van der Waals surface area contributed by atoms with Gasteiger partial charge in [0.1, 0.15) is 12.1 Å². The molecule has 1 aliphatic rings. The van der Waals surface area contributed by atoms with E-state index in [2.05, 4.69) is 20.8 Å². The van der Waals surface area contributed by atoms with Crippen LogP contribution in [0.25, 0.3) is 0 Å².